The third kappa shape index (κ3) is 2.99. The van der Waals surface area contributed by atoms with Gasteiger partial charge in [-0.15, -0.1) is 11.3 Å². The zero-order chi connectivity index (χ0) is 15.0. The van der Waals surface area contributed by atoms with E-state index in [2.05, 4.69) is 30.7 Å². The van der Waals surface area contributed by atoms with Crippen molar-refractivity contribution in [2.24, 2.45) is 0 Å². The smallest absolute Gasteiger partial charge is 0.273 e. The minimum Gasteiger partial charge on any atom is -0.333 e. The molecule has 0 saturated carbocycles. The molecule has 2 aliphatic heterocycles. The van der Waals surface area contributed by atoms with Gasteiger partial charge in [0.2, 0.25) is 0 Å². The van der Waals surface area contributed by atoms with Gasteiger partial charge in [-0.2, -0.15) is 0 Å². The van der Waals surface area contributed by atoms with Crippen LogP contribution < -0.4 is 0 Å². The topological polar surface area (TPSA) is 36.4 Å². The lowest BCUT2D eigenvalue weighted by Crippen LogP contribution is -2.38. The lowest BCUT2D eigenvalue weighted by atomic mass is 10.2. The molecule has 1 amide bonds. The van der Waals surface area contributed by atoms with Crippen molar-refractivity contribution >= 4 is 17.2 Å². The van der Waals surface area contributed by atoms with Crippen LogP contribution >= 0.6 is 11.3 Å². The van der Waals surface area contributed by atoms with Crippen LogP contribution in [0.3, 0.4) is 0 Å². The normalized spacial score (nSPS) is 27.0. The second-order valence-corrected chi connectivity index (χ2v) is 7.55. The molecular formula is C16H25N3OS. The molecule has 2 atom stereocenters. The van der Waals surface area contributed by atoms with Crippen molar-refractivity contribution in [3.63, 3.8) is 0 Å². The Balaban J connectivity index is 1.69. The van der Waals surface area contributed by atoms with Gasteiger partial charge in [-0.1, -0.05) is 13.8 Å². The quantitative estimate of drug-likeness (QED) is 0.861. The van der Waals surface area contributed by atoms with Gasteiger partial charge in [0.05, 0.1) is 5.01 Å². The highest BCUT2D eigenvalue weighted by atomic mass is 32.1. The summed E-state index contributed by atoms with van der Waals surface area (Å²) >= 11 is 1.60. The van der Waals surface area contributed by atoms with Crippen molar-refractivity contribution in [2.75, 3.05) is 19.6 Å². The van der Waals surface area contributed by atoms with Gasteiger partial charge >= 0.3 is 0 Å². The maximum atomic E-state index is 12.7. The van der Waals surface area contributed by atoms with E-state index in [0.29, 0.717) is 23.7 Å². The fourth-order valence-electron chi connectivity index (χ4n) is 3.46. The van der Waals surface area contributed by atoms with Gasteiger partial charge in [0, 0.05) is 29.9 Å². The summed E-state index contributed by atoms with van der Waals surface area (Å²) in [4.78, 5) is 21.8. The highest BCUT2D eigenvalue weighted by molar-refractivity contribution is 7.09. The molecule has 0 spiro atoms. The highest BCUT2D eigenvalue weighted by Gasteiger charge is 2.37. The zero-order valence-corrected chi connectivity index (χ0v) is 14.0. The van der Waals surface area contributed by atoms with Crippen LogP contribution in [0.15, 0.2) is 5.38 Å². The molecule has 0 radical (unpaired) electrons. The number of amides is 1. The summed E-state index contributed by atoms with van der Waals surface area (Å²) in [5.41, 5.74) is 0.637. The van der Waals surface area contributed by atoms with Crippen LogP contribution in [0.1, 0.15) is 61.4 Å². The van der Waals surface area contributed by atoms with E-state index >= 15 is 0 Å². The molecule has 0 N–H and O–H groups in total. The molecule has 2 fully saturated rings. The molecule has 4 nitrogen and oxygen atoms in total. The number of carbonyl (C=O) groups is 1. The molecule has 1 aromatic rings. The Hall–Kier alpha value is -0.940. The Morgan fingerprint density at radius 1 is 1.38 bits per heavy atom. The summed E-state index contributed by atoms with van der Waals surface area (Å²) in [7, 11) is 0. The highest BCUT2D eigenvalue weighted by Crippen LogP contribution is 2.27. The Labute approximate surface area is 131 Å². The number of thiazole rings is 1. The summed E-state index contributed by atoms with van der Waals surface area (Å²) < 4.78 is 0. The summed E-state index contributed by atoms with van der Waals surface area (Å²) in [6.45, 7) is 9.68. The van der Waals surface area contributed by atoms with Crippen LogP contribution in [0.4, 0.5) is 0 Å². The van der Waals surface area contributed by atoms with Crippen molar-refractivity contribution in [3.8, 4) is 0 Å². The first kappa shape index (κ1) is 15.0. The number of aromatic nitrogens is 1. The zero-order valence-electron chi connectivity index (χ0n) is 13.2. The second kappa shape index (κ2) is 6.05. The van der Waals surface area contributed by atoms with Gasteiger partial charge in [-0.05, 0) is 39.3 Å². The van der Waals surface area contributed by atoms with E-state index in [-0.39, 0.29) is 5.91 Å². The molecule has 3 rings (SSSR count). The lowest BCUT2D eigenvalue weighted by molar-refractivity contribution is 0.0732. The van der Waals surface area contributed by atoms with Crippen molar-refractivity contribution in [1.82, 2.24) is 14.8 Å². The maximum absolute atomic E-state index is 12.7. The van der Waals surface area contributed by atoms with Crippen LogP contribution in [0.5, 0.6) is 0 Å². The van der Waals surface area contributed by atoms with Crippen molar-refractivity contribution in [1.29, 1.82) is 0 Å². The lowest BCUT2D eigenvalue weighted by Gasteiger charge is -2.23. The molecule has 2 aliphatic rings. The predicted octanol–water partition coefficient (Wildman–Crippen LogP) is 2.97. The summed E-state index contributed by atoms with van der Waals surface area (Å²) in [6, 6.07) is 0.877. The minimum atomic E-state index is 0.118. The predicted molar refractivity (Wildman–Crippen MR) is 85.9 cm³/mol. The Bertz CT molecular complexity index is 507. The first-order chi connectivity index (χ1) is 10.1. The van der Waals surface area contributed by atoms with Crippen LogP contribution in [-0.4, -0.2) is 52.4 Å². The second-order valence-electron chi connectivity index (χ2n) is 6.66. The maximum Gasteiger partial charge on any atom is 0.273 e. The first-order valence-corrected chi connectivity index (χ1v) is 8.94. The molecule has 3 heterocycles. The standard InChI is InChI=1S/C16H25N3OS/c1-11(2)15-17-14(10-21-15)16(20)19-9-13(8-12(19)3)18-6-4-5-7-18/h10-13H,4-9H2,1-3H3/t12-,13+/m0/s1. The molecule has 2 saturated heterocycles. The van der Waals surface area contributed by atoms with Crippen molar-refractivity contribution < 1.29 is 4.79 Å². The monoisotopic (exact) mass is 307 g/mol. The summed E-state index contributed by atoms with van der Waals surface area (Å²) in [6.07, 6.45) is 3.72. The van der Waals surface area contributed by atoms with Crippen LogP contribution in [0, 0.1) is 0 Å². The Morgan fingerprint density at radius 2 is 2.10 bits per heavy atom. The van der Waals surface area contributed by atoms with E-state index in [4.69, 9.17) is 0 Å². The Morgan fingerprint density at radius 3 is 2.71 bits per heavy atom. The first-order valence-electron chi connectivity index (χ1n) is 8.06. The van der Waals surface area contributed by atoms with E-state index in [1.165, 1.54) is 25.9 Å². The minimum absolute atomic E-state index is 0.118. The number of hydrogen-bond acceptors (Lipinski definition) is 4. The molecule has 116 valence electrons. The Kier molecular flexibility index (Phi) is 4.31. The molecule has 0 unspecified atom stereocenters. The van der Waals surface area contributed by atoms with E-state index in [1.54, 1.807) is 11.3 Å². The van der Waals surface area contributed by atoms with Gasteiger partial charge in [0.1, 0.15) is 5.69 Å². The fourth-order valence-corrected chi connectivity index (χ4v) is 4.26. The van der Waals surface area contributed by atoms with Crippen molar-refractivity contribution in [3.05, 3.63) is 16.1 Å². The van der Waals surface area contributed by atoms with Gasteiger partial charge < -0.3 is 4.90 Å². The van der Waals surface area contributed by atoms with Gasteiger partial charge in [-0.3, -0.25) is 9.69 Å². The summed E-state index contributed by atoms with van der Waals surface area (Å²) in [5.74, 6) is 0.511. The number of likely N-dealkylation sites (tertiary alicyclic amines) is 2. The molecule has 0 aromatic carbocycles. The van der Waals surface area contributed by atoms with Crippen LogP contribution in [0.25, 0.3) is 0 Å². The fraction of sp³-hybridized carbons (Fsp3) is 0.750. The average molecular weight is 307 g/mol. The molecule has 1 aromatic heterocycles. The van der Waals surface area contributed by atoms with Crippen LogP contribution in [-0.2, 0) is 0 Å². The van der Waals surface area contributed by atoms with E-state index in [0.717, 1.165) is 18.0 Å². The molecular weight excluding hydrogens is 282 g/mol. The number of hydrogen-bond donors (Lipinski definition) is 0. The third-order valence-electron chi connectivity index (χ3n) is 4.71. The van der Waals surface area contributed by atoms with Gasteiger partial charge in [0.15, 0.2) is 0 Å². The number of carbonyl (C=O) groups excluding carboxylic acids is 1. The van der Waals surface area contributed by atoms with Crippen molar-refractivity contribution in [2.45, 2.75) is 58.0 Å². The third-order valence-corrected chi connectivity index (χ3v) is 5.85. The number of nitrogens with zero attached hydrogens (tertiary/aromatic N) is 3. The molecule has 21 heavy (non-hydrogen) atoms. The van der Waals surface area contributed by atoms with Gasteiger partial charge in [-0.25, -0.2) is 4.98 Å². The molecule has 5 heteroatoms. The molecule has 0 aliphatic carbocycles. The van der Waals surface area contributed by atoms with Crippen LogP contribution in [0.2, 0.25) is 0 Å². The average Bonchev–Trinajstić information content (AvgIpc) is 3.18. The number of rotatable bonds is 3. The largest absolute Gasteiger partial charge is 0.333 e. The summed E-state index contributed by atoms with van der Waals surface area (Å²) in [5, 5.41) is 2.98. The van der Waals surface area contributed by atoms with E-state index in [9.17, 15) is 4.79 Å². The molecule has 0 bridgehead atoms. The van der Waals surface area contributed by atoms with E-state index < -0.39 is 0 Å². The SMILES string of the molecule is CC(C)c1nc(C(=O)N2C[C@H](N3CCCC3)C[C@@H]2C)cs1. The van der Waals surface area contributed by atoms with Gasteiger partial charge in [0.25, 0.3) is 5.91 Å². The van der Waals surface area contributed by atoms with E-state index in [1.807, 2.05) is 10.3 Å².